The summed E-state index contributed by atoms with van der Waals surface area (Å²) >= 11 is 13.5. The van der Waals surface area contributed by atoms with Crippen LogP contribution < -0.4 is 0 Å². The largest absolute Gasteiger partial charge is 0.296 e. The fraction of sp³-hybridized carbons (Fsp3) is 0.364. The van der Waals surface area contributed by atoms with Crippen molar-refractivity contribution in [1.82, 2.24) is 0 Å². The van der Waals surface area contributed by atoms with Crippen LogP contribution in [-0.2, 0) is 4.79 Å². The molecule has 1 aliphatic carbocycles. The Hall–Kier alpha value is -0.180. The van der Waals surface area contributed by atoms with Gasteiger partial charge in [0.15, 0.2) is 10.1 Å². The van der Waals surface area contributed by atoms with Crippen LogP contribution in [0.2, 0.25) is 0 Å². The lowest BCUT2D eigenvalue weighted by atomic mass is 9.84. The Morgan fingerprint density at radius 3 is 2.53 bits per heavy atom. The molecule has 80 valence electrons. The van der Waals surface area contributed by atoms with Crippen LogP contribution in [0.1, 0.15) is 6.42 Å². The maximum absolute atomic E-state index is 11.1. The van der Waals surface area contributed by atoms with Gasteiger partial charge in [0.2, 0.25) is 0 Å². The summed E-state index contributed by atoms with van der Waals surface area (Å²) in [5.74, 6) is 0.825. The highest BCUT2D eigenvalue weighted by molar-refractivity contribution is 7.99. The quantitative estimate of drug-likeness (QED) is 0.611. The Kier molecular flexibility index (Phi) is 3.29. The molecule has 0 amide bonds. The number of benzene rings is 1. The number of halogens is 2. The van der Waals surface area contributed by atoms with Crippen LogP contribution in [0.5, 0.6) is 0 Å². The molecule has 2 rings (SSSR count). The number of rotatable bonds is 3. The van der Waals surface area contributed by atoms with Crippen molar-refractivity contribution in [3.63, 3.8) is 0 Å². The Balaban J connectivity index is 1.88. The van der Waals surface area contributed by atoms with Crippen LogP contribution in [0.4, 0.5) is 0 Å². The van der Waals surface area contributed by atoms with E-state index in [1.807, 2.05) is 30.3 Å². The summed E-state index contributed by atoms with van der Waals surface area (Å²) in [6, 6.07) is 10.0. The topological polar surface area (TPSA) is 17.1 Å². The Morgan fingerprint density at radius 2 is 2.00 bits per heavy atom. The third-order valence-electron chi connectivity index (χ3n) is 2.51. The predicted molar refractivity (Wildman–Crippen MR) is 64.7 cm³/mol. The molecular weight excluding hydrogens is 251 g/mol. The zero-order valence-electron chi connectivity index (χ0n) is 7.95. The third kappa shape index (κ3) is 2.32. The highest BCUT2D eigenvalue weighted by Gasteiger charge is 2.52. The average Bonchev–Trinajstić information content (AvgIpc) is 2.25. The average molecular weight is 261 g/mol. The molecule has 0 saturated heterocycles. The van der Waals surface area contributed by atoms with Gasteiger partial charge < -0.3 is 0 Å². The van der Waals surface area contributed by atoms with Gasteiger partial charge in [0, 0.05) is 23.0 Å². The van der Waals surface area contributed by atoms with Gasteiger partial charge in [-0.2, -0.15) is 0 Å². The summed E-state index contributed by atoms with van der Waals surface area (Å²) in [7, 11) is 0. The first-order valence-electron chi connectivity index (χ1n) is 4.69. The second-order valence-electron chi connectivity index (χ2n) is 3.57. The summed E-state index contributed by atoms with van der Waals surface area (Å²) in [6.07, 6.45) is 0.507. The van der Waals surface area contributed by atoms with Crippen LogP contribution in [0.15, 0.2) is 35.2 Å². The smallest absolute Gasteiger partial charge is 0.179 e. The first-order chi connectivity index (χ1) is 7.10. The van der Waals surface area contributed by atoms with Crippen molar-refractivity contribution in [2.24, 2.45) is 5.92 Å². The number of hydrogen-bond acceptors (Lipinski definition) is 2. The Labute approximate surface area is 103 Å². The third-order valence-corrected chi connectivity index (χ3v) is 4.72. The van der Waals surface area contributed by atoms with Crippen LogP contribution >= 0.6 is 35.0 Å². The summed E-state index contributed by atoms with van der Waals surface area (Å²) < 4.78 is -1.14. The molecule has 1 unspecified atom stereocenters. The molecule has 0 heterocycles. The number of Topliss-reactive ketones (excluding diaryl/α,β-unsaturated/α-hetero) is 1. The molecule has 1 aliphatic rings. The van der Waals surface area contributed by atoms with Crippen LogP contribution in [0.25, 0.3) is 0 Å². The highest BCUT2D eigenvalue weighted by atomic mass is 35.5. The van der Waals surface area contributed by atoms with E-state index in [4.69, 9.17) is 23.2 Å². The zero-order valence-corrected chi connectivity index (χ0v) is 10.3. The molecular formula is C11H10Cl2OS. The summed E-state index contributed by atoms with van der Waals surface area (Å²) in [5, 5.41) is 0. The Morgan fingerprint density at radius 1 is 1.33 bits per heavy atom. The summed E-state index contributed by atoms with van der Waals surface area (Å²) in [6.45, 7) is 0. The number of hydrogen-bond donors (Lipinski definition) is 0. The molecule has 0 N–H and O–H groups in total. The molecule has 1 nitrogen and oxygen atoms in total. The highest BCUT2D eigenvalue weighted by Crippen LogP contribution is 2.46. The minimum atomic E-state index is -1.14. The molecule has 1 aromatic rings. The second kappa shape index (κ2) is 4.36. The molecule has 0 aliphatic heterocycles. The molecule has 1 atom stereocenters. The number of ketones is 1. The minimum absolute atomic E-state index is 0.0514. The van der Waals surface area contributed by atoms with Crippen molar-refractivity contribution in [3.05, 3.63) is 30.3 Å². The number of carbonyl (C=O) groups excluding carboxylic acids is 1. The van der Waals surface area contributed by atoms with Crippen molar-refractivity contribution < 1.29 is 4.79 Å². The summed E-state index contributed by atoms with van der Waals surface area (Å²) in [5.41, 5.74) is 0. The van der Waals surface area contributed by atoms with E-state index in [1.54, 1.807) is 11.8 Å². The van der Waals surface area contributed by atoms with Gasteiger partial charge in [-0.05, 0) is 12.1 Å². The van der Waals surface area contributed by atoms with Gasteiger partial charge in [-0.15, -0.1) is 11.8 Å². The molecule has 4 heteroatoms. The zero-order chi connectivity index (χ0) is 10.9. The lowest BCUT2D eigenvalue weighted by molar-refractivity contribution is -0.127. The van der Waals surface area contributed by atoms with Gasteiger partial charge >= 0.3 is 0 Å². The molecule has 1 aromatic carbocycles. The van der Waals surface area contributed by atoms with E-state index in [2.05, 4.69) is 0 Å². The van der Waals surface area contributed by atoms with Crippen LogP contribution in [0.3, 0.4) is 0 Å². The monoisotopic (exact) mass is 260 g/mol. The molecule has 0 bridgehead atoms. The summed E-state index contributed by atoms with van der Waals surface area (Å²) in [4.78, 5) is 12.3. The Bertz CT molecular complexity index is 364. The van der Waals surface area contributed by atoms with Gasteiger partial charge in [-0.25, -0.2) is 0 Å². The van der Waals surface area contributed by atoms with Gasteiger partial charge in [-0.1, -0.05) is 41.4 Å². The van der Waals surface area contributed by atoms with E-state index in [9.17, 15) is 4.79 Å². The lowest BCUT2D eigenvalue weighted by Gasteiger charge is -2.37. The van der Waals surface area contributed by atoms with E-state index in [1.165, 1.54) is 4.90 Å². The normalized spacial score (nSPS) is 23.6. The van der Waals surface area contributed by atoms with Crippen LogP contribution in [0, 0.1) is 5.92 Å². The van der Waals surface area contributed by atoms with Crippen molar-refractivity contribution >= 4 is 40.7 Å². The SMILES string of the molecule is O=C1CC(CSc2ccccc2)C1(Cl)Cl. The maximum atomic E-state index is 11.1. The minimum Gasteiger partial charge on any atom is -0.296 e. The van der Waals surface area contributed by atoms with Crippen molar-refractivity contribution in [1.29, 1.82) is 0 Å². The number of carbonyl (C=O) groups is 1. The van der Waals surface area contributed by atoms with Crippen molar-refractivity contribution in [2.45, 2.75) is 15.6 Å². The fourth-order valence-electron chi connectivity index (χ4n) is 1.46. The van der Waals surface area contributed by atoms with E-state index >= 15 is 0 Å². The number of thioether (sulfide) groups is 1. The second-order valence-corrected chi connectivity index (χ2v) is 6.05. The van der Waals surface area contributed by atoms with E-state index < -0.39 is 4.33 Å². The number of alkyl halides is 2. The molecule has 0 radical (unpaired) electrons. The molecule has 15 heavy (non-hydrogen) atoms. The van der Waals surface area contributed by atoms with Crippen molar-refractivity contribution in [3.8, 4) is 0 Å². The standard InChI is InChI=1S/C11H10Cl2OS/c12-11(13)8(6-10(11)14)7-15-9-4-2-1-3-5-9/h1-5,8H,6-7H2. The van der Waals surface area contributed by atoms with Gasteiger partial charge in [-0.3, -0.25) is 4.79 Å². The maximum Gasteiger partial charge on any atom is 0.179 e. The van der Waals surface area contributed by atoms with Gasteiger partial charge in [0.05, 0.1) is 0 Å². The van der Waals surface area contributed by atoms with E-state index in [0.29, 0.717) is 6.42 Å². The van der Waals surface area contributed by atoms with Gasteiger partial charge in [0.1, 0.15) is 0 Å². The molecule has 1 saturated carbocycles. The van der Waals surface area contributed by atoms with E-state index in [0.717, 1.165) is 5.75 Å². The molecule has 0 aromatic heterocycles. The van der Waals surface area contributed by atoms with Crippen LogP contribution in [-0.4, -0.2) is 15.9 Å². The first-order valence-corrected chi connectivity index (χ1v) is 6.44. The fourth-order valence-corrected chi connectivity index (χ4v) is 3.22. The first kappa shape index (κ1) is 11.3. The van der Waals surface area contributed by atoms with Gasteiger partial charge in [0.25, 0.3) is 0 Å². The van der Waals surface area contributed by atoms with Crippen molar-refractivity contribution in [2.75, 3.05) is 5.75 Å². The van der Waals surface area contributed by atoms with E-state index in [-0.39, 0.29) is 11.7 Å². The molecule has 0 spiro atoms. The molecule has 1 fully saturated rings. The lowest BCUT2D eigenvalue weighted by Crippen LogP contribution is -2.48. The predicted octanol–water partition coefficient (Wildman–Crippen LogP) is 3.54.